The second-order valence-electron chi connectivity index (χ2n) is 3.76. The molecule has 0 atom stereocenters. The van der Waals surface area contributed by atoms with Gasteiger partial charge in [0.2, 0.25) is 0 Å². The lowest BCUT2D eigenvalue weighted by molar-refractivity contribution is 0.0600. The van der Waals surface area contributed by atoms with Crippen molar-refractivity contribution in [3.63, 3.8) is 0 Å². The van der Waals surface area contributed by atoms with Crippen LogP contribution in [0.5, 0.6) is 0 Å². The maximum atomic E-state index is 11.3. The van der Waals surface area contributed by atoms with Crippen molar-refractivity contribution in [1.29, 1.82) is 0 Å². The van der Waals surface area contributed by atoms with Gasteiger partial charge < -0.3 is 4.74 Å². The summed E-state index contributed by atoms with van der Waals surface area (Å²) in [6, 6.07) is 5.03. The van der Waals surface area contributed by atoms with Crippen LogP contribution in [0.4, 0.5) is 0 Å². The van der Waals surface area contributed by atoms with Crippen LogP contribution in [0.3, 0.4) is 0 Å². The zero-order valence-electron chi connectivity index (χ0n) is 8.92. The van der Waals surface area contributed by atoms with Crippen molar-refractivity contribution in [3.05, 3.63) is 34.3 Å². The van der Waals surface area contributed by atoms with E-state index < -0.39 is 5.97 Å². The largest absolute Gasteiger partial charge is 0.465 e. The summed E-state index contributed by atoms with van der Waals surface area (Å²) in [6.45, 7) is 0. The van der Waals surface area contributed by atoms with Crippen LogP contribution in [0.1, 0.15) is 28.8 Å². The monoisotopic (exact) mass is 234 g/mol. The first kappa shape index (κ1) is 11.0. The Hall–Kier alpha value is -1.46. The van der Waals surface area contributed by atoms with E-state index in [1.54, 1.807) is 18.2 Å². The number of hydrogen-bond acceptors (Lipinski definition) is 2. The molecule has 1 aromatic carbocycles. The molecule has 0 amide bonds. The van der Waals surface area contributed by atoms with E-state index in [9.17, 15) is 4.79 Å². The van der Waals surface area contributed by atoms with E-state index in [1.807, 2.05) is 0 Å². The molecule has 1 saturated carbocycles. The van der Waals surface area contributed by atoms with Crippen molar-refractivity contribution in [2.75, 3.05) is 7.11 Å². The molecule has 2 nitrogen and oxygen atoms in total. The average Bonchev–Trinajstić information content (AvgIpc) is 3.08. The highest BCUT2D eigenvalue weighted by Gasteiger charge is 2.17. The van der Waals surface area contributed by atoms with Gasteiger partial charge in [0, 0.05) is 16.5 Å². The van der Waals surface area contributed by atoms with Gasteiger partial charge in [-0.3, -0.25) is 0 Å². The first-order valence-electron chi connectivity index (χ1n) is 5.09. The summed E-state index contributed by atoms with van der Waals surface area (Å²) in [6.07, 6.45) is 2.36. The Morgan fingerprint density at radius 1 is 1.44 bits per heavy atom. The molecule has 82 valence electrons. The molecule has 1 aliphatic rings. The summed E-state index contributed by atoms with van der Waals surface area (Å²) >= 11 is 5.91. The van der Waals surface area contributed by atoms with E-state index in [0.29, 0.717) is 16.5 Å². The van der Waals surface area contributed by atoms with Gasteiger partial charge in [0.1, 0.15) is 0 Å². The van der Waals surface area contributed by atoms with Gasteiger partial charge in [-0.25, -0.2) is 4.79 Å². The summed E-state index contributed by atoms with van der Waals surface area (Å²) in [5, 5.41) is 0.503. The first-order valence-corrected chi connectivity index (χ1v) is 5.47. The molecule has 2 rings (SSSR count). The fourth-order valence-electron chi connectivity index (χ4n) is 1.31. The highest BCUT2D eigenvalue weighted by molar-refractivity contribution is 6.31. The van der Waals surface area contributed by atoms with E-state index >= 15 is 0 Å². The minimum atomic E-state index is -0.392. The number of methoxy groups -OCH3 is 1. The Balaban J connectivity index is 2.28. The molecule has 0 unspecified atom stereocenters. The van der Waals surface area contributed by atoms with Gasteiger partial charge in [0.05, 0.1) is 12.7 Å². The van der Waals surface area contributed by atoms with Crippen molar-refractivity contribution < 1.29 is 9.53 Å². The normalized spacial score (nSPS) is 13.9. The van der Waals surface area contributed by atoms with Crippen LogP contribution in [-0.4, -0.2) is 13.1 Å². The first-order chi connectivity index (χ1) is 7.69. The Bertz CT molecular complexity index is 478. The minimum absolute atomic E-state index is 0.392. The molecule has 3 heteroatoms. The second-order valence-corrected chi connectivity index (χ2v) is 4.20. The molecular weight excluding hydrogens is 224 g/mol. The molecule has 0 saturated heterocycles. The molecule has 0 spiro atoms. The van der Waals surface area contributed by atoms with Crippen molar-refractivity contribution in [2.24, 2.45) is 5.92 Å². The van der Waals surface area contributed by atoms with E-state index in [0.717, 1.165) is 5.56 Å². The van der Waals surface area contributed by atoms with Gasteiger partial charge in [0.15, 0.2) is 0 Å². The van der Waals surface area contributed by atoms with E-state index in [4.69, 9.17) is 11.6 Å². The topological polar surface area (TPSA) is 26.3 Å². The van der Waals surface area contributed by atoms with Crippen molar-refractivity contribution in [1.82, 2.24) is 0 Å². The average molecular weight is 235 g/mol. The third kappa shape index (κ3) is 2.77. The van der Waals surface area contributed by atoms with Crippen LogP contribution in [0.15, 0.2) is 18.2 Å². The van der Waals surface area contributed by atoms with Crippen LogP contribution < -0.4 is 0 Å². The molecule has 0 N–H and O–H groups in total. The number of rotatable bonds is 1. The van der Waals surface area contributed by atoms with E-state index in [-0.39, 0.29) is 0 Å². The van der Waals surface area contributed by atoms with Crippen LogP contribution in [0, 0.1) is 17.8 Å². The molecule has 1 fully saturated rings. The van der Waals surface area contributed by atoms with Crippen LogP contribution in [-0.2, 0) is 4.74 Å². The summed E-state index contributed by atoms with van der Waals surface area (Å²) in [5.41, 5.74) is 1.20. The highest BCUT2D eigenvalue weighted by atomic mass is 35.5. The fourth-order valence-corrected chi connectivity index (χ4v) is 1.55. The zero-order valence-corrected chi connectivity index (χ0v) is 9.67. The Kier molecular flexibility index (Phi) is 3.17. The standard InChI is InChI=1S/C13H11ClO2/c1-16-13(15)11-6-10(7-12(14)8-11)5-4-9-2-3-9/h6-9H,2-3H2,1H3. The molecule has 1 aliphatic carbocycles. The van der Waals surface area contributed by atoms with Crippen molar-refractivity contribution >= 4 is 17.6 Å². The Labute approximate surface area is 99.6 Å². The van der Waals surface area contributed by atoms with Gasteiger partial charge in [-0.05, 0) is 31.0 Å². The summed E-state index contributed by atoms with van der Waals surface area (Å²) in [5.74, 6) is 6.28. The second kappa shape index (κ2) is 4.59. The molecule has 1 aromatic rings. The summed E-state index contributed by atoms with van der Waals surface area (Å²) in [4.78, 5) is 11.3. The molecule has 0 aliphatic heterocycles. The highest BCUT2D eigenvalue weighted by Crippen LogP contribution is 2.27. The Morgan fingerprint density at radius 2 is 2.19 bits per heavy atom. The maximum Gasteiger partial charge on any atom is 0.337 e. The number of carbonyl (C=O) groups is 1. The summed E-state index contributed by atoms with van der Waals surface area (Å²) < 4.78 is 4.64. The van der Waals surface area contributed by atoms with Crippen LogP contribution in [0.25, 0.3) is 0 Å². The van der Waals surface area contributed by atoms with Crippen LogP contribution in [0.2, 0.25) is 5.02 Å². The molecule has 0 radical (unpaired) electrons. The van der Waals surface area contributed by atoms with E-state index in [1.165, 1.54) is 20.0 Å². The number of ether oxygens (including phenoxy) is 1. The van der Waals surface area contributed by atoms with Gasteiger partial charge >= 0.3 is 5.97 Å². The lowest BCUT2D eigenvalue weighted by Gasteiger charge is -2.00. The SMILES string of the molecule is COC(=O)c1cc(Cl)cc(C#CC2CC2)c1. The molecule has 16 heavy (non-hydrogen) atoms. The van der Waals surface area contributed by atoms with Gasteiger partial charge in [-0.1, -0.05) is 23.4 Å². The molecule has 0 bridgehead atoms. The predicted octanol–water partition coefficient (Wildman–Crippen LogP) is 2.89. The number of carbonyl (C=O) groups excluding carboxylic acids is 1. The summed E-state index contributed by atoms with van der Waals surface area (Å²) in [7, 11) is 1.35. The smallest absolute Gasteiger partial charge is 0.337 e. The lowest BCUT2D eigenvalue weighted by Crippen LogP contribution is -2.01. The van der Waals surface area contributed by atoms with Crippen LogP contribution >= 0.6 is 11.6 Å². The predicted molar refractivity (Wildman–Crippen MR) is 62.4 cm³/mol. The molecule has 0 aromatic heterocycles. The molecular formula is C13H11ClO2. The number of hydrogen-bond donors (Lipinski definition) is 0. The van der Waals surface area contributed by atoms with Gasteiger partial charge in [-0.2, -0.15) is 0 Å². The number of halogens is 1. The van der Waals surface area contributed by atoms with E-state index in [2.05, 4.69) is 16.6 Å². The third-order valence-electron chi connectivity index (χ3n) is 2.32. The third-order valence-corrected chi connectivity index (χ3v) is 2.54. The molecule has 0 heterocycles. The number of benzene rings is 1. The lowest BCUT2D eigenvalue weighted by atomic mass is 10.1. The minimum Gasteiger partial charge on any atom is -0.465 e. The number of esters is 1. The maximum absolute atomic E-state index is 11.3. The van der Waals surface area contributed by atoms with Crippen molar-refractivity contribution in [3.8, 4) is 11.8 Å². The Morgan fingerprint density at radius 3 is 2.81 bits per heavy atom. The fraction of sp³-hybridized carbons (Fsp3) is 0.308. The zero-order chi connectivity index (χ0) is 11.5. The van der Waals surface area contributed by atoms with Gasteiger partial charge in [0.25, 0.3) is 0 Å². The quantitative estimate of drug-likeness (QED) is 0.552. The van der Waals surface area contributed by atoms with Crippen molar-refractivity contribution in [2.45, 2.75) is 12.8 Å². The van der Waals surface area contributed by atoms with Gasteiger partial charge in [-0.15, -0.1) is 0 Å².